The SMILES string of the molecule is NS(=O)(=O)c1cnc(C2CC2)o1. The molecule has 0 unspecified atom stereocenters. The predicted molar refractivity (Wildman–Crippen MR) is 39.9 cm³/mol. The van der Waals surface area contributed by atoms with E-state index in [1.807, 2.05) is 0 Å². The maximum absolute atomic E-state index is 10.7. The van der Waals surface area contributed by atoms with E-state index in [1.165, 1.54) is 0 Å². The van der Waals surface area contributed by atoms with Crippen LogP contribution in [-0.4, -0.2) is 13.4 Å². The summed E-state index contributed by atoms with van der Waals surface area (Å²) in [7, 11) is -3.72. The maximum Gasteiger partial charge on any atom is 0.273 e. The maximum atomic E-state index is 10.7. The summed E-state index contributed by atoms with van der Waals surface area (Å²) in [6, 6.07) is 0. The Morgan fingerprint density at radius 3 is 2.67 bits per heavy atom. The number of oxazole rings is 1. The summed E-state index contributed by atoms with van der Waals surface area (Å²) in [5.74, 6) is 0.791. The van der Waals surface area contributed by atoms with Crippen LogP contribution in [0.15, 0.2) is 15.7 Å². The molecule has 0 amide bonds. The number of aromatic nitrogens is 1. The fourth-order valence-electron chi connectivity index (χ4n) is 0.923. The number of primary sulfonamides is 1. The summed E-state index contributed by atoms with van der Waals surface area (Å²) in [5, 5.41) is 4.58. The number of nitrogens with zero attached hydrogens (tertiary/aromatic N) is 1. The molecule has 1 fully saturated rings. The molecule has 0 saturated heterocycles. The van der Waals surface area contributed by atoms with Crippen LogP contribution >= 0.6 is 0 Å². The van der Waals surface area contributed by atoms with Crippen LogP contribution in [0.3, 0.4) is 0 Å². The fraction of sp³-hybridized carbons (Fsp3) is 0.500. The first-order chi connectivity index (χ1) is 5.57. The average molecular weight is 188 g/mol. The molecule has 2 N–H and O–H groups in total. The van der Waals surface area contributed by atoms with Crippen LogP contribution < -0.4 is 5.14 Å². The smallest absolute Gasteiger partial charge is 0.273 e. The van der Waals surface area contributed by atoms with Gasteiger partial charge in [0, 0.05) is 5.92 Å². The standard InChI is InChI=1S/C6H8N2O3S/c7-12(9,10)5-3-8-6(11-5)4-1-2-4/h3-4H,1-2H2,(H2,7,9,10). The van der Waals surface area contributed by atoms with Crippen molar-refractivity contribution in [3.63, 3.8) is 0 Å². The van der Waals surface area contributed by atoms with Gasteiger partial charge in [0.2, 0.25) is 0 Å². The van der Waals surface area contributed by atoms with Crippen molar-refractivity contribution in [2.45, 2.75) is 23.9 Å². The van der Waals surface area contributed by atoms with Crippen LogP contribution in [0.4, 0.5) is 0 Å². The minimum atomic E-state index is -3.72. The normalized spacial score (nSPS) is 18.1. The van der Waals surface area contributed by atoms with Crippen molar-refractivity contribution < 1.29 is 12.8 Å². The molecule has 0 radical (unpaired) electrons. The molecule has 0 spiro atoms. The Bertz CT molecular complexity index is 391. The van der Waals surface area contributed by atoms with E-state index in [0.717, 1.165) is 19.0 Å². The quantitative estimate of drug-likeness (QED) is 0.718. The molecule has 0 atom stereocenters. The first-order valence-electron chi connectivity index (χ1n) is 3.56. The Labute approximate surface area is 69.6 Å². The van der Waals surface area contributed by atoms with Crippen molar-refractivity contribution in [2.24, 2.45) is 5.14 Å². The Balaban J connectivity index is 2.35. The van der Waals surface area contributed by atoms with E-state index in [0.29, 0.717) is 11.8 Å². The molecule has 5 nitrogen and oxygen atoms in total. The van der Waals surface area contributed by atoms with Gasteiger partial charge in [-0.05, 0) is 12.8 Å². The third-order valence-electron chi connectivity index (χ3n) is 1.71. The van der Waals surface area contributed by atoms with E-state index in [1.54, 1.807) is 0 Å². The van der Waals surface area contributed by atoms with Crippen LogP contribution in [0.2, 0.25) is 0 Å². The number of rotatable bonds is 2. The lowest BCUT2D eigenvalue weighted by molar-refractivity contribution is 0.409. The Morgan fingerprint density at radius 2 is 2.25 bits per heavy atom. The molecular weight excluding hydrogens is 180 g/mol. The fourth-order valence-corrected chi connectivity index (χ4v) is 1.32. The molecule has 12 heavy (non-hydrogen) atoms. The summed E-state index contributed by atoms with van der Waals surface area (Å²) in [4.78, 5) is 3.82. The van der Waals surface area contributed by atoms with Gasteiger partial charge >= 0.3 is 0 Å². The molecule has 1 heterocycles. The van der Waals surface area contributed by atoms with Crippen LogP contribution in [-0.2, 0) is 10.0 Å². The molecule has 6 heteroatoms. The lowest BCUT2D eigenvalue weighted by Gasteiger charge is -1.88. The van der Waals surface area contributed by atoms with Gasteiger partial charge < -0.3 is 4.42 Å². The third-order valence-corrected chi connectivity index (χ3v) is 2.46. The van der Waals surface area contributed by atoms with Crippen molar-refractivity contribution >= 4 is 10.0 Å². The molecule has 2 rings (SSSR count). The van der Waals surface area contributed by atoms with Gasteiger partial charge in [-0.1, -0.05) is 0 Å². The first kappa shape index (κ1) is 7.75. The Kier molecular flexibility index (Phi) is 1.49. The molecule has 1 saturated carbocycles. The van der Waals surface area contributed by atoms with E-state index in [4.69, 9.17) is 9.56 Å². The summed E-state index contributed by atoms with van der Waals surface area (Å²) in [6.45, 7) is 0. The molecule has 0 bridgehead atoms. The second kappa shape index (κ2) is 2.30. The van der Waals surface area contributed by atoms with E-state index < -0.39 is 10.0 Å². The third kappa shape index (κ3) is 1.35. The van der Waals surface area contributed by atoms with Crippen molar-refractivity contribution in [1.29, 1.82) is 0 Å². The second-order valence-corrected chi connectivity index (χ2v) is 4.33. The second-order valence-electron chi connectivity index (χ2n) is 2.84. The lowest BCUT2D eigenvalue weighted by atomic mass is 10.4. The summed E-state index contributed by atoms with van der Waals surface area (Å²) >= 11 is 0. The minimum absolute atomic E-state index is 0.246. The largest absolute Gasteiger partial charge is 0.428 e. The van der Waals surface area contributed by atoms with E-state index in [9.17, 15) is 8.42 Å². The zero-order valence-corrected chi connectivity index (χ0v) is 7.04. The summed E-state index contributed by atoms with van der Waals surface area (Å²) in [5.41, 5.74) is 0. The van der Waals surface area contributed by atoms with Crippen LogP contribution in [0, 0.1) is 0 Å². The predicted octanol–water partition coefficient (Wildman–Crippen LogP) is 0.199. The Morgan fingerprint density at radius 1 is 1.58 bits per heavy atom. The highest BCUT2D eigenvalue weighted by molar-refractivity contribution is 7.89. The van der Waals surface area contributed by atoms with Gasteiger partial charge in [0.1, 0.15) is 0 Å². The van der Waals surface area contributed by atoms with Crippen molar-refractivity contribution in [2.75, 3.05) is 0 Å². The lowest BCUT2D eigenvalue weighted by Crippen LogP contribution is -2.10. The molecule has 0 aliphatic heterocycles. The van der Waals surface area contributed by atoms with Gasteiger partial charge in [-0.15, -0.1) is 0 Å². The zero-order chi connectivity index (χ0) is 8.77. The van der Waals surface area contributed by atoms with Crippen LogP contribution in [0.25, 0.3) is 0 Å². The summed E-state index contributed by atoms with van der Waals surface area (Å²) < 4.78 is 26.4. The van der Waals surface area contributed by atoms with Gasteiger partial charge in [0.15, 0.2) is 5.89 Å². The van der Waals surface area contributed by atoms with Gasteiger partial charge in [-0.2, -0.15) is 0 Å². The van der Waals surface area contributed by atoms with E-state index >= 15 is 0 Å². The van der Waals surface area contributed by atoms with Crippen LogP contribution in [0.5, 0.6) is 0 Å². The van der Waals surface area contributed by atoms with Gasteiger partial charge in [-0.25, -0.2) is 18.5 Å². The van der Waals surface area contributed by atoms with E-state index in [-0.39, 0.29) is 5.09 Å². The molecule has 1 aliphatic carbocycles. The molecule has 1 aliphatic rings. The highest BCUT2D eigenvalue weighted by Gasteiger charge is 2.29. The highest BCUT2D eigenvalue weighted by Crippen LogP contribution is 2.39. The molecule has 1 aromatic heterocycles. The number of sulfonamides is 1. The van der Waals surface area contributed by atoms with Crippen LogP contribution in [0.1, 0.15) is 24.7 Å². The topological polar surface area (TPSA) is 86.2 Å². The van der Waals surface area contributed by atoms with E-state index in [2.05, 4.69) is 4.98 Å². The zero-order valence-electron chi connectivity index (χ0n) is 6.23. The molecule has 1 aromatic rings. The number of hydrogen-bond acceptors (Lipinski definition) is 4. The highest BCUT2D eigenvalue weighted by atomic mass is 32.2. The van der Waals surface area contributed by atoms with Crippen molar-refractivity contribution in [3.05, 3.63) is 12.1 Å². The molecule has 0 aromatic carbocycles. The van der Waals surface area contributed by atoms with Crippen molar-refractivity contribution in [3.8, 4) is 0 Å². The minimum Gasteiger partial charge on any atom is -0.428 e. The number of hydrogen-bond donors (Lipinski definition) is 1. The monoisotopic (exact) mass is 188 g/mol. The summed E-state index contributed by atoms with van der Waals surface area (Å²) in [6.07, 6.45) is 3.19. The first-order valence-corrected chi connectivity index (χ1v) is 5.10. The van der Waals surface area contributed by atoms with Crippen molar-refractivity contribution in [1.82, 2.24) is 4.98 Å². The van der Waals surface area contributed by atoms with Gasteiger partial charge in [0.05, 0.1) is 6.20 Å². The van der Waals surface area contributed by atoms with Gasteiger partial charge in [-0.3, -0.25) is 0 Å². The average Bonchev–Trinajstić information content (AvgIpc) is 2.66. The van der Waals surface area contributed by atoms with Gasteiger partial charge in [0.25, 0.3) is 15.1 Å². The molecule has 66 valence electrons. The Hall–Kier alpha value is -0.880. The number of nitrogens with two attached hydrogens (primary N) is 1. The molecular formula is C6H8N2O3S.